The predicted octanol–water partition coefficient (Wildman–Crippen LogP) is 4.98. The van der Waals surface area contributed by atoms with Gasteiger partial charge in [-0.3, -0.25) is 0 Å². The second kappa shape index (κ2) is 8.33. The number of anilines is 1. The number of ether oxygens (including phenoxy) is 1. The van der Waals surface area contributed by atoms with Crippen LogP contribution >= 0.6 is 0 Å². The number of carboxylic acids is 1. The molecule has 11 heteroatoms. The molecule has 0 saturated carbocycles. The highest BCUT2D eigenvalue weighted by molar-refractivity contribution is 5.92. The minimum Gasteiger partial charge on any atom is -0.489 e. The minimum atomic E-state index is -5.08. The lowest BCUT2D eigenvalue weighted by atomic mass is 10.1. The number of hydrogen-bond donors (Lipinski definition) is 3. The molecule has 0 unspecified atom stereocenters. The SMILES string of the molecule is Nc1c[nH]c2ccc(OCc3ccc(C(F)(F)F)cc3)cc12.O=C(O)C(F)(F)F. The van der Waals surface area contributed by atoms with E-state index in [2.05, 4.69) is 4.98 Å². The van der Waals surface area contributed by atoms with Gasteiger partial charge in [-0.1, -0.05) is 12.1 Å². The summed E-state index contributed by atoms with van der Waals surface area (Å²) < 4.78 is 74.8. The number of carboxylic acid groups (broad SMARTS) is 1. The lowest BCUT2D eigenvalue weighted by molar-refractivity contribution is -0.192. The molecule has 0 bridgehead atoms. The molecule has 0 atom stereocenters. The Hall–Kier alpha value is -3.37. The molecule has 1 heterocycles. The van der Waals surface area contributed by atoms with Crippen LogP contribution in [0, 0.1) is 0 Å². The van der Waals surface area contributed by atoms with Crippen molar-refractivity contribution in [3.63, 3.8) is 0 Å². The van der Waals surface area contributed by atoms with E-state index in [0.717, 1.165) is 23.0 Å². The van der Waals surface area contributed by atoms with E-state index >= 15 is 0 Å². The summed E-state index contributed by atoms with van der Waals surface area (Å²) in [6, 6.07) is 10.3. The third-order valence-corrected chi connectivity index (χ3v) is 3.61. The predicted molar refractivity (Wildman–Crippen MR) is 92.2 cm³/mol. The van der Waals surface area contributed by atoms with E-state index in [9.17, 15) is 26.3 Å². The molecular formula is C18H14F6N2O3. The van der Waals surface area contributed by atoms with E-state index in [1.165, 1.54) is 12.1 Å². The summed E-state index contributed by atoms with van der Waals surface area (Å²) in [5.41, 5.74) is 7.33. The number of halogens is 6. The average molecular weight is 420 g/mol. The number of nitrogen functional groups attached to an aromatic ring is 1. The van der Waals surface area contributed by atoms with Crippen molar-refractivity contribution in [1.29, 1.82) is 0 Å². The van der Waals surface area contributed by atoms with Crippen molar-refractivity contribution in [1.82, 2.24) is 4.98 Å². The highest BCUT2D eigenvalue weighted by Gasteiger charge is 2.38. The molecule has 0 amide bonds. The standard InChI is InChI=1S/C16H13F3N2O.C2HF3O2/c17-16(18,19)11-3-1-10(2-4-11)9-22-12-5-6-15-13(7-12)14(20)8-21-15;3-2(4,5)1(6)7/h1-8,21H,9,20H2;(H,6,7). The zero-order chi connectivity index (χ0) is 21.8. The minimum absolute atomic E-state index is 0.188. The third-order valence-electron chi connectivity index (χ3n) is 3.61. The number of rotatable bonds is 3. The molecule has 1 aromatic heterocycles. The third kappa shape index (κ3) is 6.06. The second-order valence-corrected chi connectivity index (χ2v) is 5.74. The van der Waals surface area contributed by atoms with E-state index in [0.29, 0.717) is 17.0 Å². The van der Waals surface area contributed by atoms with Crippen molar-refractivity contribution in [3.05, 3.63) is 59.8 Å². The number of alkyl halides is 6. The van der Waals surface area contributed by atoms with Crippen LogP contribution in [-0.2, 0) is 17.6 Å². The summed E-state index contributed by atoms with van der Waals surface area (Å²) in [6.07, 6.45) is -7.71. The highest BCUT2D eigenvalue weighted by Crippen LogP contribution is 2.29. The van der Waals surface area contributed by atoms with Gasteiger partial charge in [0.1, 0.15) is 12.4 Å². The summed E-state index contributed by atoms with van der Waals surface area (Å²) in [6.45, 7) is 0.188. The topological polar surface area (TPSA) is 88.3 Å². The first-order valence-corrected chi connectivity index (χ1v) is 7.83. The van der Waals surface area contributed by atoms with Crippen LogP contribution in [0.5, 0.6) is 5.75 Å². The number of hydrogen-bond acceptors (Lipinski definition) is 3. The van der Waals surface area contributed by atoms with E-state index in [-0.39, 0.29) is 6.61 Å². The van der Waals surface area contributed by atoms with E-state index in [1.54, 1.807) is 18.3 Å². The molecule has 5 nitrogen and oxygen atoms in total. The lowest BCUT2D eigenvalue weighted by Crippen LogP contribution is -2.21. The molecule has 0 aliphatic carbocycles. The summed E-state index contributed by atoms with van der Waals surface area (Å²) in [4.78, 5) is 11.9. The van der Waals surface area contributed by atoms with Crippen LogP contribution in [0.1, 0.15) is 11.1 Å². The van der Waals surface area contributed by atoms with Gasteiger partial charge < -0.3 is 20.6 Å². The fraction of sp³-hybridized carbons (Fsp3) is 0.167. The Morgan fingerprint density at radius 2 is 1.62 bits per heavy atom. The Morgan fingerprint density at radius 3 is 2.14 bits per heavy atom. The van der Waals surface area contributed by atoms with Crippen molar-refractivity contribution in [3.8, 4) is 5.75 Å². The van der Waals surface area contributed by atoms with Crippen LogP contribution in [0.3, 0.4) is 0 Å². The Labute approximate surface area is 159 Å². The Bertz CT molecular complexity index is 978. The average Bonchev–Trinajstić information content (AvgIpc) is 3.00. The number of nitrogens with one attached hydrogen (secondary N) is 1. The number of fused-ring (bicyclic) bond motifs is 1. The van der Waals surface area contributed by atoms with Crippen LogP contribution in [-0.4, -0.2) is 22.2 Å². The lowest BCUT2D eigenvalue weighted by Gasteiger charge is -2.09. The first kappa shape index (κ1) is 21.9. The molecule has 3 rings (SSSR count). The number of nitrogens with two attached hydrogens (primary N) is 1. The number of aliphatic carboxylic acids is 1. The van der Waals surface area contributed by atoms with Crippen molar-refractivity contribution >= 4 is 22.6 Å². The number of benzene rings is 2. The molecule has 2 aromatic carbocycles. The van der Waals surface area contributed by atoms with Gasteiger partial charge in [-0.05, 0) is 35.9 Å². The molecule has 0 aliphatic heterocycles. The zero-order valence-electron chi connectivity index (χ0n) is 14.4. The fourth-order valence-electron chi connectivity index (χ4n) is 2.17. The van der Waals surface area contributed by atoms with Gasteiger partial charge in [0.05, 0.1) is 11.3 Å². The van der Waals surface area contributed by atoms with Gasteiger partial charge in [0.25, 0.3) is 0 Å². The Morgan fingerprint density at radius 1 is 1.03 bits per heavy atom. The van der Waals surface area contributed by atoms with Crippen LogP contribution in [0.25, 0.3) is 10.9 Å². The fourth-order valence-corrected chi connectivity index (χ4v) is 2.17. The van der Waals surface area contributed by atoms with Gasteiger partial charge in [-0.25, -0.2) is 4.79 Å². The zero-order valence-corrected chi connectivity index (χ0v) is 14.4. The van der Waals surface area contributed by atoms with Crippen LogP contribution < -0.4 is 10.5 Å². The molecule has 0 fully saturated rings. The van der Waals surface area contributed by atoms with Crippen molar-refractivity contribution in [2.75, 3.05) is 5.73 Å². The number of H-pyrrole nitrogens is 1. The first-order chi connectivity index (χ1) is 13.4. The largest absolute Gasteiger partial charge is 0.490 e. The summed E-state index contributed by atoms with van der Waals surface area (Å²) in [7, 11) is 0. The van der Waals surface area contributed by atoms with Crippen LogP contribution in [0.2, 0.25) is 0 Å². The monoisotopic (exact) mass is 420 g/mol. The first-order valence-electron chi connectivity index (χ1n) is 7.83. The highest BCUT2D eigenvalue weighted by atomic mass is 19.4. The Balaban J connectivity index is 0.000000370. The molecule has 29 heavy (non-hydrogen) atoms. The van der Waals surface area contributed by atoms with Gasteiger partial charge in [-0.2, -0.15) is 26.3 Å². The number of aromatic amines is 1. The maximum Gasteiger partial charge on any atom is 0.490 e. The molecule has 4 N–H and O–H groups in total. The van der Waals surface area contributed by atoms with Gasteiger partial charge >= 0.3 is 18.3 Å². The molecule has 0 saturated heterocycles. The number of carbonyl (C=O) groups is 1. The molecule has 0 spiro atoms. The van der Waals surface area contributed by atoms with Crippen molar-refractivity contribution in [2.45, 2.75) is 19.0 Å². The number of aromatic nitrogens is 1. The van der Waals surface area contributed by atoms with Crippen molar-refractivity contribution < 1.29 is 41.0 Å². The van der Waals surface area contributed by atoms with Crippen LogP contribution in [0.15, 0.2) is 48.7 Å². The van der Waals surface area contributed by atoms with Crippen LogP contribution in [0.4, 0.5) is 32.0 Å². The van der Waals surface area contributed by atoms with Gasteiger partial charge in [-0.15, -0.1) is 0 Å². The van der Waals surface area contributed by atoms with Gasteiger partial charge in [0, 0.05) is 17.1 Å². The quantitative estimate of drug-likeness (QED) is 0.522. The normalized spacial score (nSPS) is 11.7. The second-order valence-electron chi connectivity index (χ2n) is 5.74. The van der Waals surface area contributed by atoms with Gasteiger partial charge in [0.2, 0.25) is 0 Å². The molecule has 156 valence electrons. The van der Waals surface area contributed by atoms with E-state index in [4.69, 9.17) is 20.4 Å². The van der Waals surface area contributed by atoms with Gasteiger partial charge in [0.15, 0.2) is 0 Å². The summed E-state index contributed by atoms with van der Waals surface area (Å²) >= 11 is 0. The van der Waals surface area contributed by atoms with E-state index in [1.807, 2.05) is 6.07 Å². The van der Waals surface area contributed by atoms with E-state index < -0.39 is 23.9 Å². The maximum absolute atomic E-state index is 12.5. The molecular weight excluding hydrogens is 406 g/mol. The molecule has 0 aliphatic rings. The molecule has 3 aromatic rings. The smallest absolute Gasteiger partial charge is 0.489 e. The summed E-state index contributed by atoms with van der Waals surface area (Å²) in [5, 5.41) is 7.98. The Kier molecular flexibility index (Phi) is 6.30. The summed E-state index contributed by atoms with van der Waals surface area (Å²) in [5.74, 6) is -2.15. The maximum atomic E-state index is 12.5. The van der Waals surface area contributed by atoms with Crippen molar-refractivity contribution in [2.24, 2.45) is 0 Å². The molecule has 0 radical (unpaired) electrons.